The van der Waals surface area contributed by atoms with Gasteiger partial charge in [-0.15, -0.1) is 0 Å². The molecule has 2 aromatic carbocycles. The molecule has 0 bridgehead atoms. The summed E-state index contributed by atoms with van der Waals surface area (Å²) < 4.78 is 48.8. The van der Waals surface area contributed by atoms with Crippen LogP contribution in [0.5, 0.6) is 5.75 Å². The Morgan fingerprint density at radius 3 is 2.45 bits per heavy atom. The number of benzene rings is 2. The van der Waals surface area contributed by atoms with Crippen molar-refractivity contribution in [2.45, 2.75) is 33.0 Å². The maximum absolute atomic E-state index is 13.8. The van der Waals surface area contributed by atoms with Crippen molar-refractivity contribution in [1.82, 2.24) is 4.57 Å². The van der Waals surface area contributed by atoms with Gasteiger partial charge in [0, 0.05) is 26.0 Å². The first-order chi connectivity index (χ1) is 15.7. The lowest BCUT2D eigenvalue weighted by atomic mass is 9.98. The third kappa shape index (κ3) is 6.51. The second kappa shape index (κ2) is 10.4. The number of hydrogen-bond donors (Lipinski definition) is 2. The van der Waals surface area contributed by atoms with Crippen LogP contribution in [0.3, 0.4) is 0 Å². The van der Waals surface area contributed by atoms with Gasteiger partial charge in [0.05, 0.1) is 23.2 Å². The van der Waals surface area contributed by atoms with Gasteiger partial charge in [-0.25, -0.2) is 0 Å². The normalized spacial score (nSPS) is 11.2. The number of anilines is 1. The van der Waals surface area contributed by atoms with Gasteiger partial charge in [-0.05, 0) is 55.2 Å². The highest BCUT2D eigenvalue weighted by Gasteiger charge is 2.34. The minimum atomic E-state index is -4.50. The van der Waals surface area contributed by atoms with E-state index in [9.17, 15) is 13.2 Å². The summed E-state index contributed by atoms with van der Waals surface area (Å²) in [7, 11) is 1.75. The fraction of sp³-hybridized carbons (Fsp3) is 0.269. The topological polar surface area (TPSA) is 50.0 Å². The second-order valence-electron chi connectivity index (χ2n) is 8.02. The highest BCUT2D eigenvalue weighted by molar-refractivity contribution is 5.69. The van der Waals surface area contributed by atoms with E-state index in [1.54, 1.807) is 37.5 Å². The molecule has 0 aliphatic carbocycles. The Bertz CT molecular complexity index is 1170. The maximum Gasteiger partial charge on any atom is 0.417 e. The molecule has 0 radical (unpaired) electrons. The summed E-state index contributed by atoms with van der Waals surface area (Å²) in [6.07, 6.45) is 1.76. The smallest absolute Gasteiger partial charge is 0.417 e. The average Bonchev–Trinajstić information content (AvgIpc) is 2.78. The molecule has 33 heavy (non-hydrogen) atoms. The standard InChI is InChI=1S/C26H28F3N3O/c1-18(2)5-4-14-33-21-10-11-22(23(15-21)26(27,28)29)20-8-6-19(7-9-20)16-32-13-12-24(30)25(17-32)31-3/h5-13,15,17,30-31H,4,14,16H2,1-3H3. The summed E-state index contributed by atoms with van der Waals surface area (Å²) in [5.74, 6) is 0.208. The van der Waals surface area contributed by atoms with Crippen LogP contribution in [0.1, 0.15) is 31.4 Å². The number of pyridine rings is 1. The molecule has 0 saturated heterocycles. The lowest BCUT2D eigenvalue weighted by Crippen LogP contribution is -2.11. The number of nitrogens with one attached hydrogen (secondary N) is 2. The Balaban J connectivity index is 1.81. The van der Waals surface area contributed by atoms with E-state index in [2.05, 4.69) is 5.32 Å². The SMILES string of the molecule is CNc1cn(Cc2ccc(-c3ccc(OCCC=C(C)C)cc3C(F)(F)F)cc2)ccc1=N. The Morgan fingerprint density at radius 2 is 1.82 bits per heavy atom. The monoisotopic (exact) mass is 455 g/mol. The predicted octanol–water partition coefficient (Wildman–Crippen LogP) is 6.48. The van der Waals surface area contributed by atoms with E-state index in [4.69, 9.17) is 10.1 Å². The van der Waals surface area contributed by atoms with Gasteiger partial charge in [-0.2, -0.15) is 13.2 Å². The number of alkyl halides is 3. The zero-order chi connectivity index (χ0) is 24.0. The van der Waals surface area contributed by atoms with E-state index < -0.39 is 11.7 Å². The van der Waals surface area contributed by atoms with Crippen molar-refractivity contribution in [2.24, 2.45) is 0 Å². The summed E-state index contributed by atoms with van der Waals surface area (Å²) in [6.45, 7) is 4.80. The van der Waals surface area contributed by atoms with Gasteiger partial charge < -0.3 is 14.6 Å². The molecule has 0 aliphatic rings. The fourth-order valence-electron chi connectivity index (χ4n) is 3.46. The predicted molar refractivity (Wildman–Crippen MR) is 125 cm³/mol. The molecule has 0 amide bonds. The minimum Gasteiger partial charge on any atom is -0.493 e. The van der Waals surface area contributed by atoms with Crippen molar-refractivity contribution in [3.8, 4) is 16.9 Å². The van der Waals surface area contributed by atoms with Gasteiger partial charge in [-0.3, -0.25) is 5.41 Å². The number of hydrogen-bond acceptors (Lipinski definition) is 3. The van der Waals surface area contributed by atoms with Crippen LogP contribution < -0.4 is 15.4 Å². The Hall–Kier alpha value is -3.48. The van der Waals surface area contributed by atoms with Gasteiger partial charge in [0.15, 0.2) is 0 Å². The van der Waals surface area contributed by atoms with Crippen LogP contribution in [0.2, 0.25) is 0 Å². The molecule has 4 nitrogen and oxygen atoms in total. The van der Waals surface area contributed by atoms with E-state index in [-0.39, 0.29) is 11.3 Å². The number of aromatic nitrogens is 1. The van der Waals surface area contributed by atoms with Gasteiger partial charge in [0.1, 0.15) is 5.75 Å². The first kappa shape index (κ1) is 24.2. The molecule has 7 heteroatoms. The van der Waals surface area contributed by atoms with Crippen molar-refractivity contribution in [3.63, 3.8) is 0 Å². The number of nitrogens with zero attached hydrogens (tertiary/aromatic N) is 1. The lowest BCUT2D eigenvalue weighted by molar-refractivity contribution is -0.137. The Morgan fingerprint density at radius 1 is 1.09 bits per heavy atom. The molecule has 0 saturated carbocycles. The van der Waals surface area contributed by atoms with Gasteiger partial charge >= 0.3 is 6.18 Å². The van der Waals surface area contributed by atoms with Crippen LogP contribution in [-0.2, 0) is 12.7 Å². The van der Waals surface area contributed by atoms with Crippen molar-refractivity contribution in [1.29, 1.82) is 5.41 Å². The van der Waals surface area contributed by atoms with Gasteiger partial charge in [0.2, 0.25) is 0 Å². The van der Waals surface area contributed by atoms with Gasteiger partial charge in [0.25, 0.3) is 0 Å². The summed E-state index contributed by atoms with van der Waals surface area (Å²) in [4.78, 5) is 0. The fourth-order valence-corrected chi connectivity index (χ4v) is 3.46. The average molecular weight is 456 g/mol. The summed E-state index contributed by atoms with van der Waals surface area (Å²) in [5, 5.41) is 11.2. The highest BCUT2D eigenvalue weighted by atomic mass is 19.4. The molecule has 2 N–H and O–H groups in total. The van der Waals surface area contributed by atoms with Crippen LogP contribution in [0.4, 0.5) is 18.9 Å². The van der Waals surface area contributed by atoms with E-state index in [1.807, 2.05) is 42.8 Å². The quantitative estimate of drug-likeness (QED) is 0.302. The molecule has 0 atom stereocenters. The molecule has 1 heterocycles. The molecule has 0 spiro atoms. The third-order valence-corrected chi connectivity index (χ3v) is 5.15. The number of ether oxygens (including phenoxy) is 1. The van der Waals surface area contributed by atoms with Crippen LogP contribution in [-0.4, -0.2) is 18.2 Å². The zero-order valence-electron chi connectivity index (χ0n) is 19.0. The Kier molecular flexibility index (Phi) is 7.63. The number of allylic oxidation sites excluding steroid dienone is 1. The molecule has 174 valence electrons. The molecular formula is C26H28F3N3O. The lowest BCUT2D eigenvalue weighted by Gasteiger charge is -2.16. The molecule has 3 aromatic rings. The first-order valence-corrected chi connectivity index (χ1v) is 10.7. The van der Waals surface area contributed by atoms with Crippen LogP contribution >= 0.6 is 0 Å². The minimum absolute atomic E-state index is 0.120. The molecule has 0 fully saturated rings. The van der Waals surface area contributed by atoms with E-state index in [0.29, 0.717) is 36.2 Å². The molecule has 0 aliphatic heterocycles. The van der Waals surface area contributed by atoms with Crippen molar-refractivity contribution in [3.05, 3.63) is 89.1 Å². The summed E-state index contributed by atoms with van der Waals surface area (Å²) in [5.41, 5.74) is 2.68. The molecule has 0 unspecified atom stereocenters. The number of rotatable bonds is 8. The summed E-state index contributed by atoms with van der Waals surface area (Å²) in [6, 6.07) is 12.9. The third-order valence-electron chi connectivity index (χ3n) is 5.15. The Labute approximate surface area is 191 Å². The molecule has 1 aromatic heterocycles. The van der Waals surface area contributed by atoms with Crippen molar-refractivity contribution < 1.29 is 17.9 Å². The van der Waals surface area contributed by atoms with Crippen molar-refractivity contribution >= 4 is 5.69 Å². The van der Waals surface area contributed by atoms with Crippen LogP contribution in [0.15, 0.2) is 72.6 Å². The van der Waals surface area contributed by atoms with Crippen molar-refractivity contribution in [2.75, 3.05) is 19.0 Å². The van der Waals surface area contributed by atoms with Gasteiger partial charge in [-0.1, -0.05) is 42.0 Å². The van der Waals surface area contributed by atoms with E-state index in [0.717, 1.165) is 17.2 Å². The van der Waals surface area contributed by atoms with Crippen LogP contribution in [0, 0.1) is 5.41 Å². The molecular weight excluding hydrogens is 427 g/mol. The maximum atomic E-state index is 13.8. The second-order valence-corrected chi connectivity index (χ2v) is 8.02. The molecule has 3 rings (SSSR count). The first-order valence-electron chi connectivity index (χ1n) is 10.7. The zero-order valence-corrected chi connectivity index (χ0v) is 19.0. The largest absolute Gasteiger partial charge is 0.493 e. The van der Waals surface area contributed by atoms with E-state index in [1.165, 1.54) is 6.07 Å². The summed E-state index contributed by atoms with van der Waals surface area (Å²) >= 11 is 0. The highest BCUT2D eigenvalue weighted by Crippen LogP contribution is 2.39. The number of halogens is 3. The van der Waals surface area contributed by atoms with E-state index >= 15 is 0 Å². The van der Waals surface area contributed by atoms with Crippen LogP contribution in [0.25, 0.3) is 11.1 Å².